The zero-order valence-electron chi connectivity index (χ0n) is 15.5. The summed E-state index contributed by atoms with van der Waals surface area (Å²) in [4.78, 5) is 0.0366. The third-order valence-electron chi connectivity index (χ3n) is 5.51. The van der Waals surface area contributed by atoms with Crippen molar-refractivity contribution >= 4 is 23.5 Å². The van der Waals surface area contributed by atoms with Crippen LogP contribution in [-0.2, 0) is 22.7 Å². The number of fused-ring (bicyclic) bond motifs is 2. The van der Waals surface area contributed by atoms with E-state index in [4.69, 9.17) is 4.74 Å². The average Bonchev–Trinajstić information content (AvgIpc) is 3.08. The Kier molecular flexibility index (Phi) is 5.77. The van der Waals surface area contributed by atoms with Crippen LogP contribution in [-0.4, -0.2) is 56.9 Å². The molecule has 2 unspecified atom stereocenters. The Labute approximate surface area is 172 Å². The molecule has 2 aliphatic heterocycles. The van der Waals surface area contributed by atoms with Crippen LogP contribution in [0.3, 0.4) is 0 Å². The molecule has 2 aromatic carbocycles. The normalized spacial score (nSPS) is 31.9. The molecule has 1 fully saturated rings. The molecule has 0 bridgehead atoms. The molecule has 150 valence electrons. The summed E-state index contributed by atoms with van der Waals surface area (Å²) in [6.45, 7) is 0.0145. The monoisotopic (exact) mass is 420 g/mol. The summed E-state index contributed by atoms with van der Waals surface area (Å²) < 4.78 is 5.98. The molecule has 28 heavy (non-hydrogen) atoms. The van der Waals surface area contributed by atoms with Crippen LogP contribution in [0.2, 0.25) is 0 Å². The maximum absolute atomic E-state index is 10.8. The van der Waals surface area contributed by atoms with Gasteiger partial charge >= 0.3 is 0 Å². The van der Waals surface area contributed by atoms with Gasteiger partial charge in [0.15, 0.2) is 4.93 Å². The molecular weight excluding hydrogens is 396 g/mol. The Balaban J connectivity index is 1.66. The largest absolute Gasteiger partial charge is 0.395 e. The molecule has 1 spiro atoms. The van der Waals surface area contributed by atoms with Crippen LogP contribution < -0.4 is 0 Å². The second kappa shape index (κ2) is 7.99. The third kappa shape index (κ3) is 3.39. The molecule has 0 radical (unpaired) electrons. The van der Waals surface area contributed by atoms with Crippen molar-refractivity contribution in [3.05, 3.63) is 64.7 Å². The summed E-state index contributed by atoms with van der Waals surface area (Å²) in [5.74, 6) is 0. The van der Waals surface area contributed by atoms with E-state index in [1.807, 2.05) is 18.4 Å². The van der Waals surface area contributed by atoms with Crippen molar-refractivity contribution in [1.29, 1.82) is 0 Å². The third-order valence-corrected chi connectivity index (χ3v) is 7.91. The number of ether oxygens (including phenoxy) is 1. The molecule has 4 rings (SSSR count). The standard InChI is InChI=1S/C21H24O5S2/c1-27-15-6-3-12(4-7-15)8-13-2-5-14-11-26-21(16(14)9-13)20(25)19(24)18(23)17(10-22)28-21/h2-7,9,17-20,22-25H,8,10-11H2,1H3/t17?,18-,19?,20-,21+/m1/s1. The topological polar surface area (TPSA) is 90.2 Å². The lowest BCUT2D eigenvalue weighted by Crippen LogP contribution is -2.58. The van der Waals surface area contributed by atoms with E-state index < -0.39 is 28.5 Å². The van der Waals surface area contributed by atoms with Crippen molar-refractivity contribution in [2.45, 2.75) is 46.4 Å². The van der Waals surface area contributed by atoms with Crippen molar-refractivity contribution in [1.82, 2.24) is 0 Å². The van der Waals surface area contributed by atoms with Crippen molar-refractivity contribution in [3.8, 4) is 0 Å². The second-order valence-corrected chi connectivity index (χ2v) is 9.56. The number of aliphatic hydroxyl groups excluding tert-OH is 4. The first-order chi connectivity index (χ1) is 13.5. The fourth-order valence-corrected chi connectivity index (χ4v) is 5.86. The summed E-state index contributed by atoms with van der Waals surface area (Å²) in [6.07, 6.45) is -1.08. The molecule has 0 amide bonds. The molecule has 2 aromatic rings. The van der Waals surface area contributed by atoms with E-state index >= 15 is 0 Å². The molecule has 4 N–H and O–H groups in total. The van der Waals surface area contributed by atoms with Crippen LogP contribution in [0.1, 0.15) is 22.3 Å². The molecular formula is C21H24O5S2. The summed E-state index contributed by atoms with van der Waals surface area (Å²) in [6, 6.07) is 14.5. The van der Waals surface area contributed by atoms with Gasteiger partial charge in [0.05, 0.1) is 24.6 Å². The molecule has 5 atom stereocenters. The van der Waals surface area contributed by atoms with Gasteiger partial charge in [0, 0.05) is 10.5 Å². The van der Waals surface area contributed by atoms with Crippen LogP contribution in [0, 0.1) is 0 Å². The van der Waals surface area contributed by atoms with Gasteiger partial charge in [0.2, 0.25) is 0 Å². The van der Waals surface area contributed by atoms with E-state index in [-0.39, 0.29) is 6.61 Å². The predicted octanol–water partition coefficient (Wildman–Crippen LogP) is 1.87. The van der Waals surface area contributed by atoms with Crippen LogP contribution in [0.15, 0.2) is 47.4 Å². The minimum atomic E-state index is -1.38. The van der Waals surface area contributed by atoms with Crippen LogP contribution in [0.25, 0.3) is 0 Å². The van der Waals surface area contributed by atoms with Gasteiger partial charge in [-0.1, -0.05) is 30.3 Å². The number of aliphatic hydroxyl groups is 4. The van der Waals surface area contributed by atoms with E-state index in [1.54, 1.807) is 11.8 Å². The Morgan fingerprint density at radius 1 is 1.07 bits per heavy atom. The minimum Gasteiger partial charge on any atom is -0.395 e. The zero-order chi connectivity index (χ0) is 19.9. The molecule has 5 nitrogen and oxygen atoms in total. The molecule has 0 aliphatic carbocycles. The molecule has 0 saturated carbocycles. The van der Waals surface area contributed by atoms with Gasteiger partial charge in [0.25, 0.3) is 0 Å². The van der Waals surface area contributed by atoms with Crippen molar-refractivity contribution < 1.29 is 25.2 Å². The number of hydrogen-bond donors (Lipinski definition) is 4. The van der Waals surface area contributed by atoms with Gasteiger partial charge in [-0.3, -0.25) is 0 Å². The Morgan fingerprint density at radius 2 is 1.79 bits per heavy atom. The summed E-state index contributed by atoms with van der Waals surface area (Å²) in [7, 11) is 0. The Bertz CT molecular complexity index is 841. The van der Waals surface area contributed by atoms with Gasteiger partial charge in [-0.25, -0.2) is 0 Å². The highest BCUT2D eigenvalue weighted by atomic mass is 32.2. The highest BCUT2D eigenvalue weighted by Crippen LogP contribution is 2.54. The molecule has 2 heterocycles. The number of benzene rings is 2. The minimum absolute atomic E-state index is 0.308. The SMILES string of the molecule is CSc1ccc(Cc2ccc3c(c2)[C@]2(OC3)SC(CO)[C@@H](O)C(O)[C@H]2O)cc1. The highest BCUT2D eigenvalue weighted by molar-refractivity contribution is 8.00. The van der Waals surface area contributed by atoms with Gasteiger partial charge in [-0.15, -0.1) is 23.5 Å². The maximum atomic E-state index is 10.8. The number of hydrogen-bond acceptors (Lipinski definition) is 7. The number of rotatable bonds is 4. The summed E-state index contributed by atoms with van der Waals surface area (Å²) in [5.41, 5.74) is 4.03. The molecule has 2 aliphatic rings. The lowest BCUT2D eigenvalue weighted by atomic mass is 9.91. The predicted molar refractivity (Wildman–Crippen MR) is 110 cm³/mol. The van der Waals surface area contributed by atoms with Crippen molar-refractivity contribution in [3.63, 3.8) is 0 Å². The van der Waals surface area contributed by atoms with E-state index in [0.717, 1.165) is 23.1 Å². The Morgan fingerprint density at radius 3 is 2.46 bits per heavy atom. The lowest BCUT2D eigenvalue weighted by Gasteiger charge is -2.45. The van der Waals surface area contributed by atoms with Gasteiger partial charge in [0.1, 0.15) is 12.2 Å². The summed E-state index contributed by atoms with van der Waals surface area (Å²) in [5, 5.41) is 40.2. The first kappa shape index (κ1) is 20.2. The van der Waals surface area contributed by atoms with Gasteiger partial charge < -0.3 is 25.2 Å². The number of thioether (sulfide) groups is 2. The van der Waals surface area contributed by atoms with E-state index in [2.05, 4.69) is 30.3 Å². The zero-order valence-corrected chi connectivity index (χ0v) is 17.1. The molecule has 0 aromatic heterocycles. The highest BCUT2D eigenvalue weighted by Gasteiger charge is 2.57. The fraction of sp³-hybridized carbons (Fsp3) is 0.429. The van der Waals surface area contributed by atoms with Crippen molar-refractivity contribution in [2.75, 3.05) is 12.9 Å². The average molecular weight is 421 g/mol. The maximum Gasteiger partial charge on any atom is 0.168 e. The van der Waals surface area contributed by atoms with Gasteiger partial charge in [-0.2, -0.15) is 0 Å². The fourth-order valence-electron chi connectivity index (χ4n) is 3.91. The second-order valence-electron chi connectivity index (χ2n) is 7.24. The first-order valence-corrected chi connectivity index (χ1v) is 11.3. The lowest BCUT2D eigenvalue weighted by molar-refractivity contribution is -0.147. The smallest absolute Gasteiger partial charge is 0.168 e. The summed E-state index contributed by atoms with van der Waals surface area (Å²) >= 11 is 2.89. The Hall–Kier alpha value is -1.06. The molecule has 1 saturated heterocycles. The molecule has 7 heteroatoms. The first-order valence-electron chi connectivity index (χ1n) is 9.20. The van der Waals surface area contributed by atoms with Crippen LogP contribution >= 0.6 is 23.5 Å². The van der Waals surface area contributed by atoms with Gasteiger partial charge in [-0.05, 0) is 41.5 Å². The van der Waals surface area contributed by atoms with E-state index in [9.17, 15) is 20.4 Å². The van der Waals surface area contributed by atoms with Crippen LogP contribution in [0.5, 0.6) is 0 Å². The quantitative estimate of drug-likeness (QED) is 0.562. The van der Waals surface area contributed by atoms with Crippen molar-refractivity contribution in [2.24, 2.45) is 0 Å². The van der Waals surface area contributed by atoms with E-state index in [1.165, 1.54) is 22.2 Å². The van der Waals surface area contributed by atoms with Crippen LogP contribution in [0.4, 0.5) is 0 Å². The van der Waals surface area contributed by atoms with E-state index in [0.29, 0.717) is 6.61 Å².